The summed E-state index contributed by atoms with van der Waals surface area (Å²) in [5, 5.41) is 4.07. The molecule has 0 amide bonds. The standard InChI is InChI=1S/C12H10N4O/c13-16-15-6-1-2-9-3-4-10-11(8-9)14-7-5-12(10)17/h1-5,7-8H,6H2,(H,14,17). The van der Waals surface area contributed by atoms with Crippen LogP contribution in [0.15, 0.2) is 46.4 Å². The van der Waals surface area contributed by atoms with Gasteiger partial charge in [-0.1, -0.05) is 23.3 Å². The Kier molecular flexibility index (Phi) is 3.23. The minimum absolute atomic E-state index is 0.00311. The number of benzene rings is 1. The third kappa shape index (κ3) is 2.53. The zero-order valence-electron chi connectivity index (χ0n) is 9.00. The summed E-state index contributed by atoms with van der Waals surface area (Å²) in [5.41, 5.74) is 9.87. The molecule has 0 spiro atoms. The predicted octanol–water partition coefficient (Wildman–Crippen LogP) is 2.85. The van der Waals surface area contributed by atoms with Gasteiger partial charge >= 0.3 is 0 Å². The van der Waals surface area contributed by atoms with E-state index in [0.29, 0.717) is 11.9 Å². The Hall–Kier alpha value is -2.52. The van der Waals surface area contributed by atoms with Gasteiger partial charge in [0.15, 0.2) is 5.43 Å². The summed E-state index contributed by atoms with van der Waals surface area (Å²) in [7, 11) is 0. The van der Waals surface area contributed by atoms with Gasteiger partial charge in [-0.3, -0.25) is 4.79 Å². The molecule has 1 aromatic heterocycles. The van der Waals surface area contributed by atoms with Crippen LogP contribution in [-0.4, -0.2) is 11.5 Å². The Morgan fingerprint density at radius 3 is 3.12 bits per heavy atom. The quantitative estimate of drug-likeness (QED) is 0.487. The van der Waals surface area contributed by atoms with E-state index in [2.05, 4.69) is 15.0 Å². The summed E-state index contributed by atoms with van der Waals surface area (Å²) in [5.74, 6) is 0. The van der Waals surface area contributed by atoms with Crippen LogP contribution in [0.2, 0.25) is 0 Å². The van der Waals surface area contributed by atoms with E-state index in [4.69, 9.17) is 5.53 Å². The van der Waals surface area contributed by atoms with Crippen LogP contribution in [0.1, 0.15) is 5.56 Å². The lowest BCUT2D eigenvalue weighted by Crippen LogP contribution is -1.99. The fourth-order valence-corrected chi connectivity index (χ4v) is 1.57. The Labute approximate surface area is 97.0 Å². The molecular formula is C12H10N4O. The number of aromatic nitrogens is 1. The predicted molar refractivity (Wildman–Crippen MR) is 67.6 cm³/mol. The molecule has 0 aliphatic carbocycles. The lowest BCUT2D eigenvalue weighted by Gasteiger charge is -1.98. The maximum absolute atomic E-state index is 11.5. The van der Waals surface area contributed by atoms with Crippen molar-refractivity contribution in [2.45, 2.75) is 0 Å². The van der Waals surface area contributed by atoms with Gasteiger partial charge in [0.2, 0.25) is 0 Å². The summed E-state index contributed by atoms with van der Waals surface area (Å²) >= 11 is 0. The number of nitrogens with one attached hydrogen (secondary N) is 1. The zero-order valence-corrected chi connectivity index (χ0v) is 9.00. The van der Waals surface area contributed by atoms with Crippen molar-refractivity contribution in [2.75, 3.05) is 6.54 Å². The fourth-order valence-electron chi connectivity index (χ4n) is 1.57. The summed E-state index contributed by atoms with van der Waals surface area (Å²) in [6.07, 6.45) is 5.24. The first kappa shape index (κ1) is 11.0. The Bertz CT molecular complexity index is 666. The second kappa shape index (κ2) is 5.01. The van der Waals surface area contributed by atoms with Gasteiger partial charge in [0.1, 0.15) is 0 Å². The molecule has 84 valence electrons. The van der Waals surface area contributed by atoms with Crippen molar-refractivity contribution in [1.29, 1.82) is 0 Å². The van der Waals surface area contributed by atoms with Gasteiger partial charge in [0.25, 0.3) is 0 Å². The third-order valence-electron chi connectivity index (χ3n) is 2.34. The maximum Gasteiger partial charge on any atom is 0.189 e. The highest BCUT2D eigenvalue weighted by molar-refractivity contribution is 5.80. The van der Waals surface area contributed by atoms with E-state index in [9.17, 15) is 4.79 Å². The molecule has 0 radical (unpaired) electrons. The second-order valence-corrected chi connectivity index (χ2v) is 3.46. The van der Waals surface area contributed by atoms with Crippen LogP contribution in [0, 0.1) is 0 Å². The number of rotatable bonds is 3. The molecule has 5 nitrogen and oxygen atoms in total. The van der Waals surface area contributed by atoms with E-state index < -0.39 is 0 Å². The number of nitrogens with zero attached hydrogens (tertiary/aromatic N) is 3. The molecule has 0 atom stereocenters. The van der Waals surface area contributed by atoms with Crippen LogP contribution in [0.4, 0.5) is 0 Å². The molecular weight excluding hydrogens is 216 g/mol. The second-order valence-electron chi connectivity index (χ2n) is 3.46. The highest BCUT2D eigenvalue weighted by atomic mass is 16.1. The van der Waals surface area contributed by atoms with Crippen molar-refractivity contribution in [2.24, 2.45) is 5.11 Å². The van der Waals surface area contributed by atoms with Crippen LogP contribution < -0.4 is 5.43 Å². The van der Waals surface area contributed by atoms with E-state index in [-0.39, 0.29) is 5.43 Å². The van der Waals surface area contributed by atoms with Crippen molar-refractivity contribution in [3.8, 4) is 0 Å². The molecule has 0 saturated carbocycles. The average molecular weight is 226 g/mol. The maximum atomic E-state index is 11.5. The monoisotopic (exact) mass is 226 g/mol. The average Bonchev–Trinajstić information content (AvgIpc) is 2.35. The Morgan fingerprint density at radius 1 is 1.41 bits per heavy atom. The van der Waals surface area contributed by atoms with Gasteiger partial charge in [0, 0.05) is 34.6 Å². The van der Waals surface area contributed by atoms with Crippen LogP contribution in [-0.2, 0) is 0 Å². The van der Waals surface area contributed by atoms with Crippen LogP contribution >= 0.6 is 0 Å². The van der Waals surface area contributed by atoms with E-state index in [1.165, 1.54) is 6.07 Å². The Balaban J connectivity index is 2.35. The zero-order chi connectivity index (χ0) is 12.1. The largest absolute Gasteiger partial charge is 0.361 e. The molecule has 2 aromatic rings. The fraction of sp³-hybridized carbons (Fsp3) is 0.0833. The van der Waals surface area contributed by atoms with E-state index >= 15 is 0 Å². The van der Waals surface area contributed by atoms with E-state index in [1.54, 1.807) is 18.3 Å². The third-order valence-corrected chi connectivity index (χ3v) is 2.34. The summed E-state index contributed by atoms with van der Waals surface area (Å²) in [6, 6.07) is 7.01. The summed E-state index contributed by atoms with van der Waals surface area (Å²) in [4.78, 5) is 17.2. The van der Waals surface area contributed by atoms with E-state index in [0.717, 1.165) is 11.1 Å². The van der Waals surface area contributed by atoms with Gasteiger partial charge in [0.05, 0.1) is 0 Å². The number of hydrogen-bond acceptors (Lipinski definition) is 2. The molecule has 0 saturated heterocycles. The first-order valence-corrected chi connectivity index (χ1v) is 5.10. The number of fused-ring (bicyclic) bond motifs is 1. The van der Waals surface area contributed by atoms with Gasteiger partial charge in [-0.15, -0.1) is 0 Å². The molecule has 0 unspecified atom stereocenters. The van der Waals surface area contributed by atoms with Gasteiger partial charge in [-0.2, -0.15) is 0 Å². The van der Waals surface area contributed by atoms with Crippen molar-refractivity contribution in [1.82, 2.24) is 4.98 Å². The summed E-state index contributed by atoms with van der Waals surface area (Å²) in [6.45, 7) is 0.319. The van der Waals surface area contributed by atoms with Crippen LogP contribution in [0.3, 0.4) is 0 Å². The minimum atomic E-state index is 0.00311. The van der Waals surface area contributed by atoms with Crippen molar-refractivity contribution in [3.05, 3.63) is 62.8 Å². The molecule has 0 bridgehead atoms. The molecule has 0 aliphatic rings. The topological polar surface area (TPSA) is 81.6 Å². The number of aromatic amines is 1. The molecule has 2 rings (SSSR count). The number of azide groups is 1. The molecule has 1 heterocycles. The normalized spacial score (nSPS) is 10.6. The first-order valence-electron chi connectivity index (χ1n) is 5.10. The SMILES string of the molecule is [N-]=[N+]=NCC=Cc1ccc2c(=O)cc[nH]c2c1. The molecule has 5 heteroatoms. The smallest absolute Gasteiger partial charge is 0.189 e. The van der Waals surface area contributed by atoms with Crippen molar-refractivity contribution < 1.29 is 0 Å². The number of pyridine rings is 1. The van der Waals surface area contributed by atoms with Gasteiger partial charge in [-0.25, -0.2) is 0 Å². The molecule has 1 aromatic carbocycles. The van der Waals surface area contributed by atoms with Gasteiger partial charge < -0.3 is 4.98 Å². The Morgan fingerprint density at radius 2 is 2.29 bits per heavy atom. The van der Waals surface area contributed by atoms with Crippen molar-refractivity contribution in [3.63, 3.8) is 0 Å². The molecule has 0 aliphatic heterocycles. The van der Waals surface area contributed by atoms with Crippen LogP contribution in [0.25, 0.3) is 27.4 Å². The molecule has 0 fully saturated rings. The lowest BCUT2D eigenvalue weighted by atomic mass is 10.1. The molecule has 17 heavy (non-hydrogen) atoms. The van der Waals surface area contributed by atoms with Crippen LogP contribution in [0.5, 0.6) is 0 Å². The van der Waals surface area contributed by atoms with E-state index in [1.807, 2.05) is 18.2 Å². The lowest BCUT2D eigenvalue weighted by molar-refractivity contribution is 1.22. The minimum Gasteiger partial charge on any atom is -0.361 e. The number of H-pyrrole nitrogens is 1. The molecule has 1 N–H and O–H groups in total. The first-order chi connectivity index (χ1) is 8.31. The van der Waals surface area contributed by atoms with Gasteiger partial charge in [-0.05, 0) is 23.2 Å². The number of hydrogen-bond donors (Lipinski definition) is 1. The summed E-state index contributed by atoms with van der Waals surface area (Å²) < 4.78 is 0. The highest BCUT2D eigenvalue weighted by Crippen LogP contribution is 2.11. The highest BCUT2D eigenvalue weighted by Gasteiger charge is 1.97. The van der Waals surface area contributed by atoms with Crippen molar-refractivity contribution >= 4 is 17.0 Å².